The molecule has 1 aliphatic rings. The monoisotopic (exact) mass is 474 g/mol. The molecule has 1 aliphatic heterocycles. The molecule has 9 nitrogen and oxygen atoms in total. The quantitative estimate of drug-likeness (QED) is 0.370. The van der Waals surface area contributed by atoms with Crippen LogP contribution in [0.25, 0.3) is 16.9 Å². The van der Waals surface area contributed by atoms with Crippen LogP contribution >= 0.6 is 0 Å². The molecule has 0 amide bonds. The van der Waals surface area contributed by atoms with E-state index in [0.29, 0.717) is 49.8 Å². The van der Waals surface area contributed by atoms with Crippen molar-refractivity contribution in [1.82, 2.24) is 19.5 Å². The number of benzene rings is 1. The molecular formula is C23H28F2N6O3. The van der Waals surface area contributed by atoms with Gasteiger partial charge in [0.25, 0.3) is 6.43 Å². The number of ether oxygens (including phenoxy) is 2. The number of fused-ring (bicyclic) bond motifs is 1. The fourth-order valence-electron chi connectivity index (χ4n) is 3.68. The maximum Gasteiger partial charge on any atom is 0.328 e. The SMILES string of the molecule is CCCCOC(=O)[C@H](C)Nc1nc(N2CCOCC2)cc(-n2c(C(F)F)nc3ccccc32)n1. The van der Waals surface area contributed by atoms with Gasteiger partial charge in [-0.05, 0) is 25.5 Å². The summed E-state index contributed by atoms with van der Waals surface area (Å²) in [6, 6.07) is 7.82. The van der Waals surface area contributed by atoms with E-state index in [1.165, 1.54) is 4.57 Å². The van der Waals surface area contributed by atoms with Crippen LogP contribution in [-0.2, 0) is 14.3 Å². The van der Waals surface area contributed by atoms with Gasteiger partial charge >= 0.3 is 5.97 Å². The van der Waals surface area contributed by atoms with Crippen LogP contribution in [0.15, 0.2) is 30.3 Å². The van der Waals surface area contributed by atoms with Crippen LogP contribution in [0, 0.1) is 0 Å². The Kier molecular flexibility index (Phi) is 7.51. The molecule has 3 heterocycles. The highest BCUT2D eigenvalue weighted by atomic mass is 19.3. The third-order valence-electron chi connectivity index (χ3n) is 5.49. The van der Waals surface area contributed by atoms with Crippen molar-refractivity contribution in [2.75, 3.05) is 43.1 Å². The average Bonchev–Trinajstić information content (AvgIpc) is 3.24. The van der Waals surface area contributed by atoms with Crippen molar-refractivity contribution >= 4 is 28.8 Å². The normalized spacial score (nSPS) is 15.0. The number of morpholine rings is 1. The molecule has 3 aromatic rings. The van der Waals surface area contributed by atoms with Gasteiger partial charge in [-0.15, -0.1) is 0 Å². The number of alkyl halides is 2. The molecule has 34 heavy (non-hydrogen) atoms. The predicted octanol–water partition coefficient (Wildman–Crippen LogP) is 3.73. The first kappa shape index (κ1) is 23.8. The Labute approximate surface area is 196 Å². The van der Waals surface area contributed by atoms with Gasteiger partial charge in [-0.1, -0.05) is 25.5 Å². The maximum absolute atomic E-state index is 13.9. The Morgan fingerprint density at radius 1 is 1.18 bits per heavy atom. The van der Waals surface area contributed by atoms with Crippen molar-refractivity contribution < 1.29 is 23.0 Å². The number of halogens is 2. The molecule has 1 aromatic carbocycles. The molecule has 4 rings (SSSR count). The van der Waals surface area contributed by atoms with E-state index in [0.717, 1.165) is 12.8 Å². The molecule has 1 saturated heterocycles. The van der Waals surface area contributed by atoms with Crippen molar-refractivity contribution in [2.24, 2.45) is 0 Å². The molecular weight excluding hydrogens is 446 g/mol. The van der Waals surface area contributed by atoms with Gasteiger partial charge in [0, 0.05) is 19.2 Å². The van der Waals surface area contributed by atoms with E-state index in [-0.39, 0.29) is 11.8 Å². The van der Waals surface area contributed by atoms with Crippen LogP contribution in [0.4, 0.5) is 20.5 Å². The number of para-hydroxylation sites is 2. The molecule has 0 spiro atoms. The van der Waals surface area contributed by atoms with Crippen molar-refractivity contribution in [3.8, 4) is 5.82 Å². The number of nitrogens with zero attached hydrogens (tertiary/aromatic N) is 5. The first-order valence-corrected chi connectivity index (χ1v) is 11.4. The van der Waals surface area contributed by atoms with E-state index in [9.17, 15) is 13.6 Å². The first-order valence-electron chi connectivity index (χ1n) is 11.4. The highest BCUT2D eigenvalue weighted by Crippen LogP contribution is 2.29. The van der Waals surface area contributed by atoms with Crippen molar-refractivity contribution in [1.29, 1.82) is 0 Å². The number of anilines is 2. The molecule has 0 radical (unpaired) electrons. The summed E-state index contributed by atoms with van der Waals surface area (Å²) < 4.78 is 39.9. The summed E-state index contributed by atoms with van der Waals surface area (Å²) in [5, 5.41) is 2.97. The van der Waals surface area contributed by atoms with Crippen LogP contribution in [-0.4, -0.2) is 64.4 Å². The smallest absolute Gasteiger partial charge is 0.328 e. The highest BCUT2D eigenvalue weighted by Gasteiger charge is 2.24. The minimum atomic E-state index is -2.81. The summed E-state index contributed by atoms with van der Waals surface area (Å²) in [5.74, 6) is 0.0642. The molecule has 1 N–H and O–H groups in total. The standard InChI is InChI=1S/C23H28F2N6O3/c1-3-4-11-34-22(32)15(2)26-23-28-18(30-9-12-33-13-10-30)14-19(29-23)31-17-8-6-5-7-16(17)27-21(31)20(24)25/h5-8,14-15,20H,3-4,9-13H2,1-2H3,(H,26,28,29)/t15-/m0/s1. The van der Waals surface area contributed by atoms with Gasteiger partial charge < -0.3 is 19.7 Å². The van der Waals surface area contributed by atoms with Crippen LogP contribution in [0.5, 0.6) is 0 Å². The Bertz CT molecular complexity index is 1130. The number of nitrogens with one attached hydrogen (secondary N) is 1. The number of carbonyl (C=O) groups excluding carboxylic acids is 1. The van der Waals surface area contributed by atoms with E-state index in [1.54, 1.807) is 37.3 Å². The van der Waals surface area contributed by atoms with E-state index >= 15 is 0 Å². The lowest BCUT2D eigenvalue weighted by molar-refractivity contribution is -0.144. The molecule has 0 aliphatic carbocycles. The summed E-state index contributed by atoms with van der Waals surface area (Å²) in [6.45, 7) is 6.23. The number of hydrogen-bond acceptors (Lipinski definition) is 8. The zero-order valence-corrected chi connectivity index (χ0v) is 19.2. The van der Waals surface area contributed by atoms with Crippen molar-refractivity contribution in [3.05, 3.63) is 36.2 Å². The Hall–Kier alpha value is -3.34. The molecule has 2 aromatic heterocycles. The topological polar surface area (TPSA) is 94.4 Å². The highest BCUT2D eigenvalue weighted by molar-refractivity contribution is 5.79. The Morgan fingerprint density at radius 3 is 2.65 bits per heavy atom. The largest absolute Gasteiger partial charge is 0.464 e. The predicted molar refractivity (Wildman–Crippen MR) is 124 cm³/mol. The lowest BCUT2D eigenvalue weighted by Gasteiger charge is -2.28. The van der Waals surface area contributed by atoms with E-state index < -0.39 is 24.3 Å². The second-order valence-corrected chi connectivity index (χ2v) is 7.99. The van der Waals surface area contributed by atoms with Gasteiger partial charge in [0.05, 0.1) is 30.9 Å². The number of aromatic nitrogens is 4. The zero-order chi connectivity index (χ0) is 24.1. The average molecular weight is 475 g/mol. The lowest BCUT2D eigenvalue weighted by atomic mass is 10.3. The number of rotatable bonds is 9. The van der Waals surface area contributed by atoms with Gasteiger partial charge in [0.15, 0.2) is 5.82 Å². The van der Waals surface area contributed by atoms with Gasteiger partial charge in [0.1, 0.15) is 17.7 Å². The Balaban J connectivity index is 1.74. The van der Waals surface area contributed by atoms with E-state index in [2.05, 4.69) is 20.3 Å². The van der Waals surface area contributed by atoms with Crippen LogP contribution in [0.1, 0.15) is 38.9 Å². The number of imidazole rings is 1. The molecule has 182 valence electrons. The molecule has 1 fully saturated rings. The van der Waals surface area contributed by atoms with E-state index in [1.807, 2.05) is 11.8 Å². The molecule has 0 unspecified atom stereocenters. The van der Waals surface area contributed by atoms with Gasteiger partial charge in [0.2, 0.25) is 5.95 Å². The van der Waals surface area contributed by atoms with Crippen molar-refractivity contribution in [3.63, 3.8) is 0 Å². The van der Waals surface area contributed by atoms with Crippen molar-refractivity contribution in [2.45, 2.75) is 39.2 Å². The third kappa shape index (κ3) is 5.24. The summed E-state index contributed by atoms with van der Waals surface area (Å²) in [4.78, 5) is 27.5. The zero-order valence-electron chi connectivity index (χ0n) is 19.2. The van der Waals surface area contributed by atoms with Crippen LogP contribution < -0.4 is 10.2 Å². The second-order valence-electron chi connectivity index (χ2n) is 7.99. The number of hydrogen-bond donors (Lipinski definition) is 1. The summed E-state index contributed by atoms with van der Waals surface area (Å²) in [5.41, 5.74) is 0.939. The summed E-state index contributed by atoms with van der Waals surface area (Å²) >= 11 is 0. The van der Waals surface area contributed by atoms with Crippen LogP contribution in [0.3, 0.4) is 0 Å². The molecule has 1 atom stereocenters. The fourth-order valence-corrected chi connectivity index (χ4v) is 3.68. The third-order valence-corrected chi connectivity index (χ3v) is 5.49. The molecule has 0 saturated carbocycles. The molecule has 11 heteroatoms. The van der Waals surface area contributed by atoms with Gasteiger partial charge in [-0.3, -0.25) is 4.57 Å². The number of carbonyl (C=O) groups is 1. The summed E-state index contributed by atoms with van der Waals surface area (Å²) in [6.07, 6.45) is -1.12. The van der Waals surface area contributed by atoms with Crippen LogP contribution in [0.2, 0.25) is 0 Å². The molecule has 0 bridgehead atoms. The Morgan fingerprint density at radius 2 is 1.91 bits per heavy atom. The number of esters is 1. The maximum atomic E-state index is 13.9. The minimum absolute atomic E-state index is 0.136. The van der Waals surface area contributed by atoms with E-state index in [4.69, 9.17) is 9.47 Å². The first-order chi connectivity index (χ1) is 16.5. The minimum Gasteiger partial charge on any atom is -0.464 e. The summed E-state index contributed by atoms with van der Waals surface area (Å²) in [7, 11) is 0. The number of unbranched alkanes of at least 4 members (excludes halogenated alkanes) is 1. The van der Waals surface area contributed by atoms with Gasteiger partial charge in [-0.25, -0.2) is 18.6 Å². The second kappa shape index (κ2) is 10.7. The van der Waals surface area contributed by atoms with Gasteiger partial charge in [-0.2, -0.15) is 9.97 Å². The lowest BCUT2D eigenvalue weighted by Crippen LogP contribution is -2.37. The fraction of sp³-hybridized carbons (Fsp3) is 0.478.